The summed E-state index contributed by atoms with van der Waals surface area (Å²) in [6.45, 7) is 2.14. The summed E-state index contributed by atoms with van der Waals surface area (Å²) in [5.74, 6) is 0.972. The Bertz CT molecular complexity index is 210. The highest BCUT2D eigenvalue weighted by Crippen LogP contribution is 2.15. The fourth-order valence-electron chi connectivity index (χ4n) is 0.518. The van der Waals surface area contributed by atoms with E-state index in [2.05, 4.69) is 22.8 Å². The van der Waals surface area contributed by atoms with Gasteiger partial charge in [0.15, 0.2) is 0 Å². The molecule has 0 aromatic carbocycles. The maximum atomic E-state index is 5.24. The van der Waals surface area contributed by atoms with E-state index in [1.54, 1.807) is 0 Å². The van der Waals surface area contributed by atoms with Crippen LogP contribution < -0.4 is 5.73 Å². The molecule has 0 saturated heterocycles. The second-order valence-electron chi connectivity index (χ2n) is 1.91. The van der Waals surface area contributed by atoms with E-state index in [1.165, 1.54) is 0 Å². The number of hydrogen-bond acceptors (Lipinski definition) is 5. The van der Waals surface area contributed by atoms with Crippen LogP contribution in [-0.4, -0.2) is 10.2 Å². The molecule has 4 nitrogen and oxygen atoms in total. The van der Waals surface area contributed by atoms with Crippen molar-refractivity contribution >= 4 is 12.6 Å². The molecule has 1 aromatic heterocycles. The lowest BCUT2D eigenvalue weighted by molar-refractivity contribution is 0.454. The summed E-state index contributed by atoms with van der Waals surface area (Å²) in [5.41, 5.74) is 5.24. The van der Waals surface area contributed by atoms with Crippen molar-refractivity contribution in [2.24, 2.45) is 5.73 Å². The van der Waals surface area contributed by atoms with Crippen LogP contribution in [0, 0.1) is 0 Å². The first kappa shape index (κ1) is 7.56. The van der Waals surface area contributed by atoms with Gasteiger partial charge in [0.1, 0.15) is 0 Å². The molecule has 0 bridgehead atoms. The van der Waals surface area contributed by atoms with Crippen molar-refractivity contribution < 1.29 is 4.42 Å². The van der Waals surface area contributed by atoms with Gasteiger partial charge in [-0.2, -0.15) is 12.6 Å². The summed E-state index contributed by atoms with van der Waals surface area (Å²) in [7, 11) is 0. The van der Waals surface area contributed by atoms with Gasteiger partial charge in [0.25, 0.3) is 0 Å². The standard InChI is InChI=1S/C5H9N3OS/c1-3(10)5-8-7-4(2-6)9-5/h3,10H,2,6H2,1H3. The van der Waals surface area contributed by atoms with Crippen LogP contribution in [0.3, 0.4) is 0 Å². The number of nitrogens with two attached hydrogens (primary N) is 1. The van der Waals surface area contributed by atoms with Crippen molar-refractivity contribution in [1.29, 1.82) is 0 Å². The molecule has 0 radical (unpaired) electrons. The molecule has 0 aliphatic heterocycles. The first-order chi connectivity index (χ1) is 4.74. The van der Waals surface area contributed by atoms with E-state index in [0.29, 0.717) is 11.8 Å². The Labute approximate surface area is 64.2 Å². The van der Waals surface area contributed by atoms with Crippen molar-refractivity contribution in [2.75, 3.05) is 0 Å². The Morgan fingerprint density at radius 2 is 2.40 bits per heavy atom. The van der Waals surface area contributed by atoms with Gasteiger partial charge in [-0.15, -0.1) is 10.2 Å². The zero-order valence-electron chi connectivity index (χ0n) is 5.61. The lowest BCUT2D eigenvalue weighted by Crippen LogP contribution is -1.95. The third kappa shape index (κ3) is 1.48. The molecule has 1 heterocycles. The van der Waals surface area contributed by atoms with E-state index in [-0.39, 0.29) is 11.8 Å². The lowest BCUT2D eigenvalue weighted by atomic mass is 10.5. The Hall–Kier alpha value is -0.550. The topological polar surface area (TPSA) is 64.9 Å². The van der Waals surface area contributed by atoms with E-state index in [1.807, 2.05) is 6.92 Å². The predicted molar refractivity (Wildman–Crippen MR) is 39.6 cm³/mol. The van der Waals surface area contributed by atoms with Crippen LogP contribution in [0.4, 0.5) is 0 Å². The molecule has 10 heavy (non-hydrogen) atoms. The van der Waals surface area contributed by atoms with Crippen LogP contribution in [0.2, 0.25) is 0 Å². The Morgan fingerprint density at radius 3 is 2.70 bits per heavy atom. The first-order valence-corrected chi connectivity index (χ1v) is 3.46. The molecule has 1 atom stereocenters. The third-order valence-corrected chi connectivity index (χ3v) is 1.24. The molecular formula is C5H9N3OS. The van der Waals surface area contributed by atoms with E-state index in [4.69, 9.17) is 10.2 Å². The summed E-state index contributed by atoms with van der Waals surface area (Å²) in [5, 5.41) is 7.36. The van der Waals surface area contributed by atoms with Gasteiger partial charge >= 0.3 is 0 Å². The zero-order valence-corrected chi connectivity index (χ0v) is 6.51. The highest BCUT2D eigenvalue weighted by Gasteiger charge is 2.07. The maximum absolute atomic E-state index is 5.24. The van der Waals surface area contributed by atoms with Crippen molar-refractivity contribution in [2.45, 2.75) is 18.7 Å². The molecule has 5 heteroatoms. The molecule has 1 aromatic rings. The van der Waals surface area contributed by atoms with Crippen LogP contribution in [0.1, 0.15) is 24.0 Å². The Kier molecular flexibility index (Phi) is 2.29. The Morgan fingerprint density at radius 1 is 1.70 bits per heavy atom. The zero-order chi connectivity index (χ0) is 7.56. The molecule has 0 amide bonds. The molecule has 1 unspecified atom stereocenters. The van der Waals surface area contributed by atoms with Gasteiger partial charge in [-0.1, -0.05) is 0 Å². The fourth-order valence-corrected chi connectivity index (χ4v) is 0.622. The molecule has 1 rings (SSSR count). The molecule has 56 valence electrons. The average molecular weight is 159 g/mol. The summed E-state index contributed by atoms with van der Waals surface area (Å²) < 4.78 is 5.07. The maximum Gasteiger partial charge on any atom is 0.230 e. The van der Waals surface area contributed by atoms with Gasteiger partial charge in [0, 0.05) is 0 Å². The Balaban J connectivity index is 2.78. The first-order valence-electron chi connectivity index (χ1n) is 2.94. The van der Waals surface area contributed by atoms with Gasteiger partial charge in [-0.25, -0.2) is 0 Å². The quantitative estimate of drug-likeness (QED) is 0.617. The summed E-state index contributed by atoms with van der Waals surface area (Å²) in [6.07, 6.45) is 0. The molecule has 0 aliphatic carbocycles. The number of rotatable bonds is 2. The molecule has 0 fully saturated rings. The van der Waals surface area contributed by atoms with Crippen molar-refractivity contribution in [3.63, 3.8) is 0 Å². The van der Waals surface area contributed by atoms with E-state index in [0.717, 1.165) is 0 Å². The number of thiol groups is 1. The van der Waals surface area contributed by atoms with Crippen LogP contribution in [-0.2, 0) is 6.54 Å². The van der Waals surface area contributed by atoms with Gasteiger partial charge < -0.3 is 10.2 Å². The lowest BCUT2D eigenvalue weighted by Gasteiger charge is -1.92. The monoisotopic (exact) mass is 159 g/mol. The second kappa shape index (κ2) is 3.03. The van der Waals surface area contributed by atoms with Crippen molar-refractivity contribution in [3.05, 3.63) is 11.8 Å². The second-order valence-corrected chi connectivity index (χ2v) is 2.69. The third-order valence-electron chi connectivity index (χ3n) is 1.01. The van der Waals surface area contributed by atoms with Gasteiger partial charge in [-0.05, 0) is 6.92 Å². The van der Waals surface area contributed by atoms with Crippen LogP contribution in [0.15, 0.2) is 4.42 Å². The number of hydrogen-bond donors (Lipinski definition) is 2. The van der Waals surface area contributed by atoms with Gasteiger partial charge in [-0.3, -0.25) is 0 Å². The molecule has 0 spiro atoms. The van der Waals surface area contributed by atoms with E-state index < -0.39 is 0 Å². The van der Waals surface area contributed by atoms with Crippen LogP contribution in [0.5, 0.6) is 0 Å². The average Bonchev–Trinajstić information content (AvgIpc) is 2.34. The fraction of sp³-hybridized carbons (Fsp3) is 0.600. The summed E-state index contributed by atoms with van der Waals surface area (Å²) in [6, 6.07) is 0. The molecular weight excluding hydrogens is 150 g/mol. The van der Waals surface area contributed by atoms with E-state index in [9.17, 15) is 0 Å². The predicted octanol–water partition coefficient (Wildman–Crippen LogP) is 0.519. The minimum Gasteiger partial charge on any atom is -0.423 e. The van der Waals surface area contributed by atoms with Crippen LogP contribution in [0.25, 0.3) is 0 Å². The van der Waals surface area contributed by atoms with Crippen molar-refractivity contribution in [1.82, 2.24) is 10.2 Å². The van der Waals surface area contributed by atoms with Gasteiger partial charge in [0.2, 0.25) is 11.8 Å². The van der Waals surface area contributed by atoms with Gasteiger partial charge in [0.05, 0.1) is 11.8 Å². The summed E-state index contributed by atoms with van der Waals surface area (Å²) in [4.78, 5) is 0. The molecule has 0 aliphatic rings. The normalized spacial score (nSPS) is 13.5. The largest absolute Gasteiger partial charge is 0.423 e. The highest BCUT2D eigenvalue weighted by atomic mass is 32.1. The summed E-state index contributed by atoms with van der Waals surface area (Å²) >= 11 is 4.10. The molecule has 0 saturated carbocycles. The number of nitrogens with zero attached hydrogens (tertiary/aromatic N) is 2. The minimum absolute atomic E-state index is 0.0206. The van der Waals surface area contributed by atoms with E-state index >= 15 is 0 Å². The number of aromatic nitrogens is 2. The highest BCUT2D eigenvalue weighted by molar-refractivity contribution is 7.80. The smallest absolute Gasteiger partial charge is 0.230 e. The SMILES string of the molecule is CC(S)c1nnc(CN)o1. The van der Waals surface area contributed by atoms with Crippen molar-refractivity contribution in [3.8, 4) is 0 Å². The van der Waals surface area contributed by atoms with Crippen LogP contribution >= 0.6 is 12.6 Å². The minimum atomic E-state index is -0.0206. The molecule has 2 N–H and O–H groups in total.